The second-order valence-electron chi connectivity index (χ2n) is 4.28. The van der Waals surface area contributed by atoms with Crippen LogP contribution in [0, 0.1) is 11.6 Å². The first-order valence-corrected chi connectivity index (χ1v) is 6.17. The minimum absolute atomic E-state index is 0.229. The molecule has 0 fully saturated rings. The molecule has 0 heterocycles. The number of urea groups is 1. The van der Waals surface area contributed by atoms with Crippen LogP contribution in [0.15, 0.2) is 18.2 Å². The van der Waals surface area contributed by atoms with Gasteiger partial charge in [0.15, 0.2) is 11.6 Å². The Morgan fingerprint density at radius 1 is 1.35 bits per heavy atom. The van der Waals surface area contributed by atoms with E-state index in [-0.39, 0.29) is 12.1 Å². The Balaban J connectivity index is 2.65. The first kappa shape index (κ1) is 15.9. The number of nitrogens with one attached hydrogen (secondary N) is 2. The molecule has 0 saturated heterocycles. The number of carboxylic acid groups (broad SMARTS) is 1. The minimum atomic E-state index is -1.16. The van der Waals surface area contributed by atoms with E-state index < -0.39 is 29.7 Å². The standard InChI is InChI=1S/C13H16F2N2O3/c1-2-4-8(7-11(18)19)16-13(20)17-10-6-3-5-9(14)12(10)15/h3,5-6,8H,2,4,7H2,1H3,(H,18,19)(H2,16,17,20). The first-order chi connectivity index (χ1) is 9.43. The molecular weight excluding hydrogens is 270 g/mol. The molecule has 1 aromatic rings. The zero-order valence-corrected chi connectivity index (χ0v) is 11.0. The molecule has 0 saturated carbocycles. The van der Waals surface area contributed by atoms with Crippen molar-refractivity contribution in [3.63, 3.8) is 0 Å². The highest BCUT2D eigenvalue weighted by atomic mass is 19.2. The number of benzene rings is 1. The second-order valence-corrected chi connectivity index (χ2v) is 4.28. The fourth-order valence-electron chi connectivity index (χ4n) is 1.73. The molecule has 0 bridgehead atoms. The molecular formula is C13H16F2N2O3. The summed E-state index contributed by atoms with van der Waals surface area (Å²) in [5.41, 5.74) is -0.298. The summed E-state index contributed by atoms with van der Waals surface area (Å²) in [5.74, 6) is -3.27. The van der Waals surface area contributed by atoms with E-state index in [1.165, 1.54) is 12.1 Å². The lowest BCUT2D eigenvalue weighted by molar-refractivity contribution is -0.137. The molecule has 5 nitrogen and oxygen atoms in total. The summed E-state index contributed by atoms with van der Waals surface area (Å²) < 4.78 is 26.3. The maximum absolute atomic E-state index is 13.3. The number of amides is 2. The molecule has 110 valence electrons. The van der Waals surface area contributed by atoms with E-state index >= 15 is 0 Å². The zero-order valence-electron chi connectivity index (χ0n) is 11.0. The molecule has 0 aliphatic rings. The number of hydrogen-bond acceptors (Lipinski definition) is 2. The molecule has 1 atom stereocenters. The normalized spacial score (nSPS) is 11.8. The SMILES string of the molecule is CCCC(CC(=O)O)NC(=O)Nc1cccc(F)c1F. The highest BCUT2D eigenvalue weighted by Gasteiger charge is 2.16. The third-order valence-electron chi connectivity index (χ3n) is 2.59. The van der Waals surface area contributed by atoms with Crippen LogP contribution in [-0.4, -0.2) is 23.1 Å². The number of hydrogen-bond donors (Lipinski definition) is 3. The number of rotatable bonds is 6. The lowest BCUT2D eigenvalue weighted by Crippen LogP contribution is -2.39. The summed E-state index contributed by atoms with van der Waals surface area (Å²) in [5, 5.41) is 13.3. The van der Waals surface area contributed by atoms with Crippen LogP contribution in [0.3, 0.4) is 0 Å². The van der Waals surface area contributed by atoms with Crippen molar-refractivity contribution in [1.82, 2.24) is 5.32 Å². The van der Waals surface area contributed by atoms with E-state index in [9.17, 15) is 18.4 Å². The van der Waals surface area contributed by atoms with Crippen molar-refractivity contribution in [1.29, 1.82) is 0 Å². The average Bonchev–Trinajstić information content (AvgIpc) is 2.34. The minimum Gasteiger partial charge on any atom is -0.481 e. The summed E-state index contributed by atoms with van der Waals surface area (Å²) in [6, 6.07) is 2.07. The second kappa shape index (κ2) is 7.42. The van der Waals surface area contributed by atoms with Crippen molar-refractivity contribution in [3.05, 3.63) is 29.8 Å². The fourth-order valence-corrected chi connectivity index (χ4v) is 1.73. The van der Waals surface area contributed by atoms with Crippen LogP contribution in [0.2, 0.25) is 0 Å². The van der Waals surface area contributed by atoms with Gasteiger partial charge in [-0.25, -0.2) is 13.6 Å². The van der Waals surface area contributed by atoms with Crippen LogP contribution in [0.5, 0.6) is 0 Å². The van der Waals surface area contributed by atoms with Gasteiger partial charge in [0.2, 0.25) is 0 Å². The van der Waals surface area contributed by atoms with Crippen LogP contribution < -0.4 is 10.6 Å². The molecule has 0 aliphatic carbocycles. The molecule has 7 heteroatoms. The number of anilines is 1. The van der Waals surface area contributed by atoms with Crippen LogP contribution in [0.25, 0.3) is 0 Å². The van der Waals surface area contributed by atoms with Gasteiger partial charge < -0.3 is 15.7 Å². The van der Waals surface area contributed by atoms with Crippen molar-refractivity contribution < 1.29 is 23.5 Å². The van der Waals surface area contributed by atoms with Gasteiger partial charge >= 0.3 is 12.0 Å². The third kappa shape index (κ3) is 4.83. The van der Waals surface area contributed by atoms with E-state index in [4.69, 9.17) is 5.11 Å². The highest BCUT2D eigenvalue weighted by molar-refractivity contribution is 5.89. The number of carboxylic acids is 1. The predicted octanol–water partition coefficient (Wildman–Crippen LogP) is 2.73. The highest BCUT2D eigenvalue weighted by Crippen LogP contribution is 2.16. The van der Waals surface area contributed by atoms with Crippen LogP contribution >= 0.6 is 0 Å². The Kier molecular flexibility index (Phi) is 5.89. The maximum Gasteiger partial charge on any atom is 0.319 e. The van der Waals surface area contributed by atoms with Gasteiger partial charge in [-0.3, -0.25) is 4.79 Å². The number of halogens is 2. The lowest BCUT2D eigenvalue weighted by Gasteiger charge is -2.16. The van der Waals surface area contributed by atoms with Gasteiger partial charge in [-0.05, 0) is 18.6 Å². The monoisotopic (exact) mass is 286 g/mol. The van der Waals surface area contributed by atoms with Crippen molar-refractivity contribution in [3.8, 4) is 0 Å². The quantitative estimate of drug-likeness (QED) is 0.752. The topological polar surface area (TPSA) is 78.4 Å². The van der Waals surface area contributed by atoms with Crippen LogP contribution in [0.1, 0.15) is 26.2 Å². The number of carbonyl (C=O) groups excluding carboxylic acids is 1. The summed E-state index contributed by atoms with van der Waals surface area (Å²) in [4.78, 5) is 22.3. The zero-order chi connectivity index (χ0) is 15.1. The molecule has 1 unspecified atom stereocenters. The molecule has 3 N–H and O–H groups in total. The predicted molar refractivity (Wildman–Crippen MR) is 69.5 cm³/mol. The molecule has 20 heavy (non-hydrogen) atoms. The number of aliphatic carboxylic acids is 1. The first-order valence-electron chi connectivity index (χ1n) is 6.17. The molecule has 0 spiro atoms. The van der Waals surface area contributed by atoms with Gasteiger partial charge in [-0.15, -0.1) is 0 Å². The smallest absolute Gasteiger partial charge is 0.319 e. The Labute approximate surface area is 115 Å². The van der Waals surface area contributed by atoms with Crippen molar-refractivity contribution in [2.24, 2.45) is 0 Å². The maximum atomic E-state index is 13.3. The molecule has 0 aliphatic heterocycles. The van der Waals surface area contributed by atoms with Gasteiger partial charge in [0.1, 0.15) is 0 Å². The van der Waals surface area contributed by atoms with E-state index in [1.54, 1.807) is 0 Å². The van der Waals surface area contributed by atoms with E-state index in [0.29, 0.717) is 12.8 Å². The molecule has 2 amide bonds. The van der Waals surface area contributed by atoms with Gasteiger partial charge in [-0.2, -0.15) is 0 Å². The molecule has 1 rings (SSSR count). The van der Waals surface area contributed by atoms with E-state index in [0.717, 1.165) is 6.07 Å². The Morgan fingerprint density at radius 3 is 2.65 bits per heavy atom. The Morgan fingerprint density at radius 2 is 2.05 bits per heavy atom. The number of carbonyl (C=O) groups is 2. The van der Waals surface area contributed by atoms with E-state index in [2.05, 4.69) is 10.6 Å². The van der Waals surface area contributed by atoms with Gasteiger partial charge in [-0.1, -0.05) is 19.4 Å². The fraction of sp³-hybridized carbons (Fsp3) is 0.385. The van der Waals surface area contributed by atoms with Crippen LogP contribution in [-0.2, 0) is 4.79 Å². The summed E-state index contributed by atoms with van der Waals surface area (Å²) >= 11 is 0. The van der Waals surface area contributed by atoms with Crippen molar-refractivity contribution >= 4 is 17.7 Å². The average molecular weight is 286 g/mol. The van der Waals surface area contributed by atoms with Gasteiger partial charge in [0, 0.05) is 6.04 Å². The largest absolute Gasteiger partial charge is 0.481 e. The molecule has 0 aromatic heterocycles. The third-order valence-corrected chi connectivity index (χ3v) is 2.59. The van der Waals surface area contributed by atoms with Gasteiger partial charge in [0.05, 0.1) is 12.1 Å². The van der Waals surface area contributed by atoms with Crippen molar-refractivity contribution in [2.45, 2.75) is 32.2 Å². The van der Waals surface area contributed by atoms with E-state index in [1.807, 2.05) is 6.92 Å². The molecule has 1 aromatic carbocycles. The van der Waals surface area contributed by atoms with Crippen LogP contribution in [0.4, 0.5) is 19.3 Å². The summed E-state index contributed by atoms with van der Waals surface area (Å²) in [6.45, 7) is 1.85. The van der Waals surface area contributed by atoms with Gasteiger partial charge in [0.25, 0.3) is 0 Å². The summed E-state index contributed by atoms with van der Waals surface area (Å²) in [6.07, 6.45) is 0.935. The summed E-state index contributed by atoms with van der Waals surface area (Å²) in [7, 11) is 0. The Hall–Kier alpha value is -2.18. The Bertz CT molecular complexity index is 495. The molecule has 0 radical (unpaired) electrons. The lowest BCUT2D eigenvalue weighted by atomic mass is 10.1. The van der Waals surface area contributed by atoms with Crippen molar-refractivity contribution in [2.75, 3.05) is 5.32 Å².